The summed E-state index contributed by atoms with van der Waals surface area (Å²) in [5.41, 5.74) is 1.17. The van der Waals surface area contributed by atoms with Crippen LogP contribution in [0.5, 0.6) is 0 Å². The van der Waals surface area contributed by atoms with E-state index in [9.17, 15) is 22.4 Å². The van der Waals surface area contributed by atoms with Gasteiger partial charge in [-0.3, -0.25) is 9.69 Å². The molecule has 174 valence electrons. The first-order valence-electron chi connectivity index (χ1n) is 10.1. The monoisotopic (exact) mass is 448 g/mol. The maximum atomic E-state index is 13.1. The van der Waals surface area contributed by atoms with Crippen LogP contribution in [-0.4, -0.2) is 71.8 Å². The quantitative estimate of drug-likeness (QED) is 0.699. The molecule has 1 spiro atoms. The highest BCUT2D eigenvalue weighted by Gasteiger charge is 2.45. The Kier molecular flexibility index (Phi) is 8.81. The number of rotatable bonds is 5. The molecule has 2 saturated heterocycles. The summed E-state index contributed by atoms with van der Waals surface area (Å²) in [5.74, 6) is -2.67. The van der Waals surface area contributed by atoms with Crippen molar-refractivity contribution in [1.29, 1.82) is 0 Å². The Morgan fingerprint density at radius 3 is 2.39 bits per heavy atom. The van der Waals surface area contributed by atoms with Crippen molar-refractivity contribution >= 4 is 11.9 Å². The Bertz CT molecular complexity index is 742. The van der Waals surface area contributed by atoms with E-state index in [1.807, 2.05) is 12.1 Å². The molecule has 31 heavy (non-hydrogen) atoms. The summed E-state index contributed by atoms with van der Waals surface area (Å²) >= 11 is 0. The number of carboxylic acids is 1. The molecule has 10 heteroatoms. The number of benzene rings is 1. The van der Waals surface area contributed by atoms with Crippen LogP contribution >= 0.6 is 0 Å². The summed E-state index contributed by atoms with van der Waals surface area (Å²) in [6.45, 7) is 4.17. The summed E-state index contributed by atoms with van der Waals surface area (Å²) in [5, 5.41) is 7.12. The molecule has 2 aliphatic rings. The SMILES string of the molecule is COCCN1C(=O)CCC12CCCN(Cc1ccc(F)cc1)CC2.O=C(O)C(F)(F)F. The third kappa shape index (κ3) is 7.17. The predicted molar refractivity (Wildman–Crippen MR) is 105 cm³/mol. The van der Waals surface area contributed by atoms with Crippen LogP contribution in [0.2, 0.25) is 0 Å². The molecule has 0 bridgehead atoms. The van der Waals surface area contributed by atoms with Gasteiger partial charge in [0.1, 0.15) is 5.82 Å². The molecular weight excluding hydrogens is 420 g/mol. The van der Waals surface area contributed by atoms with Gasteiger partial charge >= 0.3 is 12.1 Å². The fourth-order valence-electron chi connectivity index (χ4n) is 4.18. The van der Waals surface area contributed by atoms with Crippen LogP contribution in [-0.2, 0) is 20.9 Å². The van der Waals surface area contributed by atoms with Crippen molar-refractivity contribution < 1.29 is 37.0 Å². The zero-order valence-electron chi connectivity index (χ0n) is 17.5. The molecule has 2 aliphatic heterocycles. The third-order valence-electron chi connectivity index (χ3n) is 5.77. The van der Waals surface area contributed by atoms with E-state index >= 15 is 0 Å². The molecule has 2 heterocycles. The van der Waals surface area contributed by atoms with Crippen LogP contribution < -0.4 is 0 Å². The van der Waals surface area contributed by atoms with E-state index in [2.05, 4.69) is 9.80 Å². The van der Waals surface area contributed by atoms with Crippen LogP contribution in [0.1, 0.15) is 37.7 Å². The van der Waals surface area contributed by atoms with Crippen molar-refractivity contribution in [3.05, 3.63) is 35.6 Å². The molecule has 1 atom stereocenters. The van der Waals surface area contributed by atoms with E-state index < -0.39 is 12.1 Å². The van der Waals surface area contributed by atoms with Gasteiger partial charge in [0.25, 0.3) is 0 Å². The van der Waals surface area contributed by atoms with E-state index in [-0.39, 0.29) is 17.3 Å². The minimum atomic E-state index is -5.08. The number of carboxylic acid groups (broad SMARTS) is 1. The number of hydrogen-bond donors (Lipinski definition) is 1. The van der Waals surface area contributed by atoms with Crippen LogP contribution in [0, 0.1) is 5.82 Å². The van der Waals surface area contributed by atoms with Gasteiger partial charge in [-0.15, -0.1) is 0 Å². The minimum absolute atomic E-state index is 0.0210. The lowest BCUT2D eigenvalue weighted by atomic mass is 9.88. The second-order valence-electron chi connectivity index (χ2n) is 7.82. The van der Waals surface area contributed by atoms with E-state index in [4.69, 9.17) is 14.6 Å². The number of hydrogen-bond acceptors (Lipinski definition) is 4. The van der Waals surface area contributed by atoms with Crippen molar-refractivity contribution in [2.75, 3.05) is 33.4 Å². The van der Waals surface area contributed by atoms with Crippen LogP contribution in [0.4, 0.5) is 17.6 Å². The highest BCUT2D eigenvalue weighted by atomic mass is 19.4. The highest BCUT2D eigenvalue weighted by molar-refractivity contribution is 5.79. The fraction of sp³-hybridized carbons (Fsp3) is 0.619. The van der Waals surface area contributed by atoms with Gasteiger partial charge in [-0.1, -0.05) is 12.1 Å². The number of alkyl halides is 3. The van der Waals surface area contributed by atoms with Crippen molar-refractivity contribution in [2.24, 2.45) is 0 Å². The standard InChI is InChI=1S/C19H27FN2O2.C2HF3O2/c1-24-14-13-22-18(23)7-9-19(22)8-2-11-21(12-10-19)15-16-3-5-17(20)6-4-16;3-2(4,5)1(6)7/h3-6H,2,7-15H2,1H3;(H,6,7). The lowest BCUT2D eigenvalue weighted by Crippen LogP contribution is -2.47. The van der Waals surface area contributed by atoms with Crippen molar-refractivity contribution in [3.63, 3.8) is 0 Å². The number of halogens is 4. The van der Waals surface area contributed by atoms with E-state index in [0.717, 1.165) is 50.9 Å². The third-order valence-corrected chi connectivity index (χ3v) is 5.77. The molecule has 1 aromatic rings. The molecular formula is C21H28F4N2O4. The number of carbonyl (C=O) groups is 2. The zero-order chi connectivity index (χ0) is 23.1. The van der Waals surface area contributed by atoms with Gasteiger partial charge in [0, 0.05) is 38.7 Å². The summed E-state index contributed by atoms with van der Waals surface area (Å²) in [7, 11) is 1.69. The van der Waals surface area contributed by atoms with Gasteiger partial charge in [-0.2, -0.15) is 13.2 Å². The Balaban J connectivity index is 0.000000423. The molecule has 3 rings (SSSR count). The van der Waals surface area contributed by atoms with E-state index in [0.29, 0.717) is 19.6 Å². The van der Waals surface area contributed by atoms with E-state index in [1.165, 1.54) is 12.1 Å². The lowest BCUT2D eigenvalue weighted by molar-refractivity contribution is -0.192. The Hall–Kier alpha value is -2.20. The molecule has 0 aromatic heterocycles. The summed E-state index contributed by atoms with van der Waals surface area (Å²) < 4.78 is 50.0. The average molecular weight is 448 g/mol. The minimum Gasteiger partial charge on any atom is -0.475 e. The Morgan fingerprint density at radius 1 is 1.16 bits per heavy atom. The number of ether oxygens (including phenoxy) is 1. The molecule has 0 saturated carbocycles. The molecule has 1 unspecified atom stereocenters. The second kappa shape index (κ2) is 10.9. The van der Waals surface area contributed by atoms with Crippen LogP contribution in [0.3, 0.4) is 0 Å². The smallest absolute Gasteiger partial charge is 0.475 e. The van der Waals surface area contributed by atoms with Gasteiger partial charge in [-0.25, -0.2) is 9.18 Å². The van der Waals surface area contributed by atoms with Crippen molar-refractivity contribution in [3.8, 4) is 0 Å². The van der Waals surface area contributed by atoms with Gasteiger partial charge in [0.2, 0.25) is 5.91 Å². The fourth-order valence-corrected chi connectivity index (χ4v) is 4.18. The molecule has 1 amide bonds. The largest absolute Gasteiger partial charge is 0.490 e. The first kappa shape index (κ1) is 25.1. The molecule has 0 radical (unpaired) electrons. The highest BCUT2D eigenvalue weighted by Crippen LogP contribution is 2.39. The first-order chi connectivity index (χ1) is 14.6. The van der Waals surface area contributed by atoms with Crippen molar-refractivity contribution in [1.82, 2.24) is 9.80 Å². The summed E-state index contributed by atoms with van der Waals surface area (Å²) in [4.78, 5) is 25.7. The molecule has 1 aromatic carbocycles. The Labute approximate surface area is 178 Å². The van der Waals surface area contributed by atoms with Crippen molar-refractivity contribution in [2.45, 2.75) is 50.4 Å². The number of nitrogens with zero attached hydrogens (tertiary/aromatic N) is 2. The number of amides is 1. The molecule has 6 nitrogen and oxygen atoms in total. The predicted octanol–water partition coefficient (Wildman–Crippen LogP) is 3.45. The maximum Gasteiger partial charge on any atom is 0.490 e. The number of likely N-dealkylation sites (tertiary alicyclic amines) is 2. The number of carbonyl (C=O) groups excluding carboxylic acids is 1. The second-order valence-corrected chi connectivity index (χ2v) is 7.82. The van der Waals surface area contributed by atoms with Crippen LogP contribution in [0.25, 0.3) is 0 Å². The maximum absolute atomic E-state index is 13.1. The summed E-state index contributed by atoms with van der Waals surface area (Å²) in [6, 6.07) is 6.77. The average Bonchev–Trinajstić information content (AvgIpc) is 2.87. The van der Waals surface area contributed by atoms with Gasteiger partial charge in [0.15, 0.2) is 0 Å². The molecule has 0 aliphatic carbocycles. The van der Waals surface area contributed by atoms with Gasteiger partial charge in [0.05, 0.1) is 6.61 Å². The number of methoxy groups -OCH3 is 1. The zero-order valence-corrected chi connectivity index (χ0v) is 17.5. The van der Waals surface area contributed by atoms with E-state index in [1.54, 1.807) is 7.11 Å². The lowest BCUT2D eigenvalue weighted by Gasteiger charge is -2.38. The van der Waals surface area contributed by atoms with Gasteiger partial charge < -0.3 is 14.7 Å². The topological polar surface area (TPSA) is 70.1 Å². The van der Waals surface area contributed by atoms with Crippen LogP contribution in [0.15, 0.2) is 24.3 Å². The normalized spacial score (nSPS) is 22.2. The van der Waals surface area contributed by atoms with Gasteiger partial charge in [-0.05, 0) is 49.9 Å². The molecule has 1 N–H and O–H groups in total. The number of aliphatic carboxylic acids is 1. The molecule has 2 fully saturated rings. The Morgan fingerprint density at radius 2 is 1.81 bits per heavy atom. The first-order valence-corrected chi connectivity index (χ1v) is 10.1. The summed E-state index contributed by atoms with van der Waals surface area (Å²) in [6.07, 6.45) is -0.258.